The van der Waals surface area contributed by atoms with Gasteiger partial charge in [0, 0.05) is 11.0 Å². The molecule has 94 valence electrons. The summed E-state index contributed by atoms with van der Waals surface area (Å²) in [4.78, 5) is 11.5. The molecule has 3 N–H and O–H groups in total. The number of nitrogens with one attached hydrogen (secondary N) is 1. The van der Waals surface area contributed by atoms with Gasteiger partial charge < -0.3 is 20.5 Å². The van der Waals surface area contributed by atoms with Crippen LogP contribution in [0.15, 0.2) is 22.7 Å². The maximum Gasteiger partial charge on any atom is 0.250 e. The Morgan fingerprint density at radius 3 is 2.94 bits per heavy atom. The van der Waals surface area contributed by atoms with Crippen LogP contribution in [0.5, 0.6) is 5.75 Å². The molecule has 17 heavy (non-hydrogen) atoms. The number of hydrogen-bond acceptors (Lipinski definition) is 4. The molecule has 0 radical (unpaired) electrons. The zero-order valence-electron chi connectivity index (χ0n) is 9.53. The minimum absolute atomic E-state index is 0.0210. The van der Waals surface area contributed by atoms with E-state index in [1.54, 1.807) is 19.2 Å². The molecule has 0 fully saturated rings. The van der Waals surface area contributed by atoms with Crippen LogP contribution in [0.1, 0.15) is 0 Å². The van der Waals surface area contributed by atoms with Gasteiger partial charge in [-0.25, -0.2) is 0 Å². The predicted octanol–water partition coefficient (Wildman–Crippen LogP) is 1.37. The summed E-state index contributed by atoms with van der Waals surface area (Å²) in [7, 11) is 1.55. The lowest BCUT2D eigenvalue weighted by Gasteiger charge is -2.10. The molecule has 5 nitrogen and oxygen atoms in total. The minimum Gasteiger partial charge on any atom is -0.495 e. The summed E-state index contributed by atoms with van der Waals surface area (Å²) in [5.41, 5.74) is 5.85. The Balaban J connectivity index is 2.60. The fourth-order valence-electron chi connectivity index (χ4n) is 1.21. The molecule has 6 heteroatoms. The molecule has 0 aromatic heterocycles. The highest BCUT2D eigenvalue weighted by atomic mass is 79.9. The van der Waals surface area contributed by atoms with Gasteiger partial charge in [-0.2, -0.15) is 0 Å². The predicted molar refractivity (Wildman–Crippen MR) is 69.2 cm³/mol. The number of anilines is 1. The van der Waals surface area contributed by atoms with Crippen molar-refractivity contribution in [2.45, 2.75) is 0 Å². The van der Waals surface area contributed by atoms with E-state index in [0.717, 1.165) is 4.47 Å². The van der Waals surface area contributed by atoms with E-state index in [1.165, 1.54) is 0 Å². The van der Waals surface area contributed by atoms with E-state index >= 15 is 0 Å². The van der Waals surface area contributed by atoms with Crippen molar-refractivity contribution < 1.29 is 14.3 Å². The van der Waals surface area contributed by atoms with Crippen LogP contribution in [0.4, 0.5) is 5.69 Å². The zero-order valence-corrected chi connectivity index (χ0v) is 11.1. The summed E-state index contributed by atoms with van der Waals surface area (Å²) in [5.74, 6) is 0.357. The molecule has 0 unspecified atom stereocenters. The van der Waals surface area contributed by atoms with Crippen molar-refractivity contribution in [1.29, 1.82) is 0 Å². The highest BCUT2D eigenvalue weighted by molar-refractivity contribution is 9.10. The van der Waals surface area contributed by atoms with Crippen LogP contribution in [-0.4, -0.2) is 32.8 Å². The fourth-order valence-corrected chi connectivity index (χ4v) is 1.57. The number of amides is 1. The van der Waals surface area contributed by atoms with E-state index in [9.17, 15) is 4.79 Å². The van der Waals surface area contributed by atoms with E-state index in [0.29, 0.717) is 24.6 Å². The zero-order chi connectivity index (χ0) is 12.7. The number of methoxy groups -OCH3 is 1. The van der Waals surface area contributed by atoms with Crippen molar-refractivity contribution in [2.24, 2.45) is 5.73 Å². The van der Waals surface area contributed by atoms with Gasteiger partial charge >= 0.3 is 0 Å². The number of halogens is 1. The first-order valence-corrected chi connectivity index (χ1v) is 5.88. The number of nitrogens with two attached hydrogens (primary N) is 1. The SMILES string of the molecule is COc1ccc(Br)cc1NC(=O)COCCN. The lowest BCUT2D eigenvalue weighted by atomic mass is 10.3. The Morgan fingerprint density at radius 2 is 2.29 bits per heavy atom. The first-order valence-electron chi connectivity index (χ1n) is 5.08. The van der Waals surface area contributed by atoms with Crippen molar-refractivity contribution >= 4 is 27.5 Å². The summed E-state index contributed by atoms with van der Waals surface area (Å²) in [6.07, 6.45) is 0. The van der Waals surface area contributed by atoms with E-state index in [4.69, 9.17) is 15.2 Å². The fraction of sp³-hybridized carbons (Fsp3) is 0.364. The topological polar surface area (TPSA) is 73.6 Å². The lowest BCUT2D eigenvalue weighted by Crippen LogP contribution is -2.21. The molecule has 0 aliphatic heterocycles. The molecule has 1 amide bonds. The Labute approximate surface area is 108 Å². The Bertz CT molecular complexity index is 385. The second-order valence-electron chi connectivity index (χ2n) is 3.23. The maximum atomic E-state index is 11.5. The summed E-state index contributed by atoms with van der Waals surface area (Å²) >= 11 is 3.32. The molecule has 0 heterocycles. The highest BCUT2D eigenvalue weighted by Gasteiger charge is 2.07. The Kier molecular flexibility index (Phi) is 5.96. The smallest absolute Gasteiger partial charge is 0.250 e. The standard InChI is InChI=1S/C11H15BrN2O3/c1-16-10-3-2-8(12)6-9(10)14-11(15)7-17-5-4-13/h2-3,6H,4-5,7,13H2,1H3,(H,14,15). The second kappa shape index (κ2) is 7.26. The van der Waals surface area contributed by atoms with Crippen LogP contribution in [0.2, 0.25) is 0 Å². The van der Waals surface area contributed by atoms with Gasteiger partial charge in [0.2, 0.25) is 5.91 Å². The lowest BCUT2D eigenvalue weighted by molar-refractivity contribution is -0.120. The number of carbonyl (C=O) groups is 1. The molecule has 1 rings (SSSR count). The average Bonchev–Trinajstić information content (AvgIpc) is 2.29. The maximum absolute atomic E-state index is 11.5. The first kappa shape index (κ1) is 14.0. The third kappa shape index (κ3) is 4.72. The van der Waals surface area contributed by atoms with Crippen LogP contribution in [0.25, 0.3) is 0 Å². The minimum atomic E-state index is -0.241. The van der Waals surface area contributed by atoms with Gasteiger partial charge in [0.15, 0.2) is 0 Å². The number of rotatable bonds is 6. The molecule has 0 aliphatic rings. The van der Waals surface area contributed by atoms with Crippen LogP contribution in [0, 0.1) is 0 Å². The number of carbonyl (C=O) groups excluding carboxylic acids is 1. The van der Waals surface area contributed by atoms with Crippen molar-refractivity contribution in [1.82, 2.24) is 0 Å². The van der Waals surface area contributed by atoms with Gasteiger partial charge in [-0.1, -0.05) is 15.9 Å². The largest absolute Gasteiger partial charge is 0.495 e. The van der Waals surface area contributed by atoms with Gasteiger partial charge in [-0.05, 0) is 18.2 Å². The van der Waals surface area contributed by atoms with E-state index in [1.807, 2.05) is 6.07 Å². The quantitative estimate of drug-likeness (QED) is 0.779. The van der Waals surface area contributed by atoms with Gasteiger partial charge in [-0.15, -0.1) is 0 Å². The summed E-state index contributed by atoms with van der Waals surface area (Å²) < 4.78 is 11.0. The molecule has 0 bridgehead atoms. The molecule has 0 saturated heterocycles. The molecule has 1 aromatic carbocycles. The van der Waals surface area contributed by atoms with E-state index < -0.39 is 0 Å². The number of benzene rings is 1. The third-order valence-corrected chi connectivity index (χ3v) is 2.42. The molecule has 0 atom stereocenters. The summed E-state index contributed by atoms with van der Waals surface area (Å²) in [6.45, 7) is 0.739. The number of hydrogen-bond donors (Lipinski definition) is 2. The van der Waals surface area contributed by atoms with E-state index in [2.05, 4.69) is 21.2 Å². The average molecular weight is 303 g/mol. The molecular formula is C11H15BrN2O3. The first-order chi connectivity index (χ1) is 8.17. The Hall–Kier alpha value is -1.11. The van der Waals surface area contributed by atoms with Crippen molar-refractivity contribution in [3.63, 3.8) is 0 Å². The molecule has 0 aliphatic carbocycles. The molecule has 1 aromatic rings. The second-order valence-corrected chi connectivity index (χ2v) is 4.15. The van der Waals surface area contributed by atoms with Crippen LogP contribution in [-0.2, 0) is 9.53 Å². The summed E-state index contributed by atoms with van der Waals surface area (Å²) in [5, 5.41) is 2.70. The van der Waals surface area contributed by atoms with Crippen molar-refractivity contribution in [2.75, 3.05) is 32.2 Å². The van der Waals surface area contributed by atoms with E-state index in [-0.39, 0.29) is 12.5 Å². The molecular weight excluding hydrogens is 288 g/mol. The molecule has 0 saturated carbocycles. The van der Waals surface area contributed by atoms with Crippen LogP contribution < -0.4 is 15.8 Å². The van der Waals surface area contributed by atoms with Gasteiger partial charge in [0.1, 0.15) is 12.4 Å². The van der Waals surface area contributed by atoms with Crippen molar-refractivity contribution in [3.8, 4) is 5.75 Å². The van der Waals surface area contributed by atoms with Gasteiger partial charge in [0.05, 0.1) is 19.4 Å². The highest BCUT2D eigenvalue weighted by Crippen LogP contribution is 2.27. The van der Waals surface area contributed by atoms with Crippen molar-refractivity contribution in [3.05, 3.63) is 22.7 Å². The van der Waals surface area contributed by atoms with Gasteiger partial charge in [-0.3, -0.25) is 4.79 Å². The van der Waals surface area contributed by atoms with Crippen LogP contribution >= 0.6 is 15.9 Å². The molecule has 0 spiro atoms. The number of ether oxygens (including phenoxy) is 2. The normalized spacial score (nSPS) is 10.1. The third-order valence-electron chi connectivity index (χ3n) is 1.93. The Morgan fingerprint density at radius 1 is 1.53 bits per heavy atom. The van der Waals surface area contributed by atoms with Crippen LogP contribution in [0.3, 0.4) is 0 Å². The van der Waals surface area contributed by atoms with Gasteiger partial charge in [0.25, 0.3) is 0 Å². The monoisotopic (exact) mass is 302 g/mol. The summed E-state index contributed by atoms with van der Waals surface area (Å²) in [6, 6.07) is 5.36.